The fraction of sp³-hybridized carbons (Fsp3) is 0.353. The number of para-hydroxylation sites is 1. The summed E-state index contributed by atoms with van der Waals surface area (Å²) >= 11 is 0. The van der Waals surface area contributed by atoms with Crippen LogP contribution in [0.3, 0.4) is 0 Å². The van der Waals surface area contributed by atoms with Gasteiger partial charge in [0.1, 0.15) is 0 Å². The van der Waals surface area contributed by atoms with Gasteiger partial charge in [-0.25, -0.2) is 4.68 Å². The molecule has 0 aliphatic heterocycles. The normalized spacial score (nSPS) is 20.4. The number of carbonyl (C=O) groups excluding carboxylic acids is 1. The standard InChI is InChI=1S/C17H19N3O3/c1-11-14(10-18-20(11)12-6-3-2-4-7-12)16(21)19-15-9-5-8-13(15)17(22)23/h2-4,6-7,10,13,15H,5,8-9H2,1H3,(H,19,21)(H,22,23)/t13-,15+/m0/s1. The van der Waals surface area contributed by atoms with Crippen molar-refractivity contribution < 1.29 is 14.7 Å². The topological polar surface area (TPSA) is 84.2 Å². The van der Waals surface area contributed by atoms with Gasteiger partial charge < -0.3 is 10.4 Å². The highest BCUT2D eigenvalue weighted by molar-refractivity contribution is 5.95. The van der Waals surface area contributed by atoms with Crippen molar-refractivity contribution in [2.45, 2.75) is 32.2 Å². The molecule has 1 aliphatic carbocycles. The summed E-state index contributed by atoms with van der Waals surface area (Å²) < 4.78 is 1.71. The van der Waals surface area contributed by atoms with Crippen LogP contribution in [0, 0.1) is 12.8 Å². The zero-order valence-electron chi connectivity index (χ0n) is 12.9. The summed E-state index contributed by atoms with van der Waals surface area (Å²) in [6.45, 7) is 1.83. The summed E-state index contributed by atoms with van der Waals surface area (Å²) in [6, 6.07) is 9.26. The highest BCUT2D eigenvalue weighted by atomic mass is 16.4. The van der Waals surface area contributed by atoms with E-state index in [4.69, 9.17) is 0 Å². The number of carboxylic acids is 1. The average molecular weight is 313 g/mol. The van der Waals surface area contributed by atoms with E-state index in [2.05, 4.69) is 10.4 Å². The van der Waals surface area contributed by atoms with Crippen LogP contribution >= 0.6 is 0 Å². The second-order valence-corrected chi connectivity index (χ2v) is 5.85. The number of amides is 1. The molecule has 1 aliphatic rings. The second-order valence-electron chi connectivity index (χ2n) is 5.85. The van der Waals surface area contributed by atoms with E-state index in [0.717, 1.165) is 17.8 Å². The largest absolute Gasteiger partial charge is 0.481 e. The van der Waals surface area contributed by atoms with Crippen molar-refractivity contribution in [2.24, 2.45) is 5.92 Å². The second kappa shape index (κ2) is 6.24. The highest BCUT2D eigenvalue weighted by Crippen LogP contribution is 2.26. The highest BCUT2D eigenvalue weighted by Gasteiger charge is 2.34. The van der Waals surface area contributed by atoms with Crippen molar-refractivity contribution in [3.63, 3.8) is 0 Å². The van der Waals surface area contributed by atoms with E-state index in [1.165, 1.54) is 6.20 Å². The molecule has 2 N–H and O–H groups in total. The number of aliphatic carboxylic acids is 1. The van der Waals surface area contributed by atoms with Crippen molar-refractivity contribution in [1.29, 1.82) is 0 Å². The molecule has 0 spiro atoms. The molecule has 0 unspecified atom stereocenters. The molecule has 2 atom stereocenters. The summed E-state index contributed by atoms with van der Waals surface area (Å²) in [6.07, 6.45) is 3.67. The van der Waals surface area contributed by atoms with Gasteiger partial charge in [0.25, 0.3) is 5.91 Å². The minimum absolute atomic E-state index is 0.261. The molecule has 1 heterocycles. The molecule has 3 rings (SSSR count). The van der Waals surface area contributed by atoms with E-state index in [9.17, 15) is 14.7 Å². The number of rotatable bonds is 4. The van der Waals surface area contributed by atoms with Crippen LogP contribution in [0.2, 0.25) is 0 Å². The predicted molar refractivity (Wildman–Crippen MR) is 84.5 cm³/mol. The molecule has 1 amide bonds. The van der Waals surface area contributed by atoms with E-state index >= 15 is 0 Å². The predicted octanol–water partition coefficient (Wildman–Crippen LogP) is 2.16. The molecule has 0 bridgehead atoms. The van der Waals surface area contributed by atoms with Gasteiger partial charge in [0.2, 0.25) is 0 Å². The number of nitrogens with one attached hydrogen (secondary N) is 1. The minimum atomic E-state index is -0.843. The average Bonchev–Trinajstić information content (AvgIpc) is 3.14. The number of carboxylic acid groups (broad SMARTS) is 1. The maximum atomic E-state index is 12.5. The molecule has 1 aromatic carbocycles. The lowest BCUT2D eigenvalue weighted by atomic mass is 10.0. The third-order valence-corrected chi connectivity index (χ3v) is 4.40. The van der Waals surface area contributed by atoms with Crippen molar-refractivity contribution in [1.82, 2.24) is 15.1 Å². The lowest BCUT2D eigenvalue weighted by Gasteiger charge is -2.17. The zero-order chi connectivity index (χ0) is 16.4. The molecule has 2 aromatic rings. The quantitative estimate of drug-likeness (QED) is 0.906. The molecule has 1 saturated carbocycles. The van der Waals surface area contributed by atoms with Gasteiger partial charge in [-0.1, -0.05) is 24.6 Å². The Bertz CT molecular complexity index is 724. The Hall–Kier alpha value is -2.63. The zero-order valence-corrected chi connectivity index (χ0v) is 12.9. The lowest BCUT2D eigenvalue weighted by molar-refractivity contribution is -0.142. The minimum Gasteiger partial charge on any atom is -0.481 e. The van der Waals surface area contributed by atoms with Gasteiger partial charge in [-0.05, 0) is 31.9 Å². The number of nitrogens with zero attached hydrogens (tertiary/aromatic N) is 2. The van der Waals surface area contributed by atoms with E-state index in [-0.39, 0.29) is 11.9 Å². The summed E-state index contributed by atoms with van der Waals surface area (Å²) in [5.74, 6) is -1.60. The van der Waals surface area contributed by atoms with Crippen LogP contribution in [0.5, 0.6) is 0 Å². The molecule has 120 valence electrons. The maximum absolute atomic E-state index is 12.5. The van der Waals surface area contributed by atoms with E-state index in [1.54, 1.807) is 4.68 Å². The molecule has 1 fully saturated rings. The Kier molecular flexibility index (Phi) is 4.14. The van der Waals surface area contributed by atoms with Crippen LogP contribution in [-0.4, -0.2) is 32.8 Å². The van der Waals surface area contributed by atoms with Crippen molar-refractivity contribution in [2.75, 3.05) is 0 Å². The van der Waals surface area contributed by atoms with Gasteiger partial charge in [0.05, 0.1) is 29.1 Å². The number of benzene rings is 1. The Labute approximate surface area is 134 Å². The molecule has 6 nitrogen and oxygen atoms in total. The molecular formula is C17H19N3O3. The number of carbonyl (C=O) groups is 2. The van der Waals surface area contributed by atoms with Crippen LogP contribution in [0.4, 0.5) is 0 Å². The Morgan fingerprint density at radius 3 is 2.70 bits per heavy atom. The van der Waals surface area contributed by atoms with Gasteiger partial charge >= 0.3 is 5.97 Å². The Balaban J connectivity index is 1.79. The van der Waals surface area contributed by atoms with Crippen LogP contribution < -0.4 is 5.32 Å². The molecule has 1 aromatic heterocycles. The van der Waals surface area contributed by atoms with Crippen molar-refractivity contribution in [3.8, 4) is 5.69 Å². The van der Waals surface area contributed by atoms with E-state index in [1.807, 2.05) is 37.3 Å². The maximum Gasteiger partial charge on any atom is 0.308 e. The first-order valence-electron chi connectivity index (χ1n) is 7.71. The Morgan fingerprint density at radius 2 is 2.00 bits per heavy atom. The molecule has 6 heteroatoms. The van der Waals surface area contributed by atoms with Crippen LogP contribution in [0.1, 0.15) is 35.3 Å². The van der Waals surface area contributed by atoms with Crippen molar-refractivity contribution in [3.05, 3.63) is 47.8 Å². The van der Waals surface area contributed by atoms with Gasteiger partial charge in [-0.2, -0.15) is 5.10 Å². The summed E-state index contributed by atoms with van der Waals surface area (Å²) in [4.78, 5) is 23.7. The first-order valence-corrected chi connectivity index (χ1v) is 7.71. The van der Waals surface area contributed by atoms with Crippen molar-refractivity contribution >= 4 is 11.9 Å². The fourth-order valence-electron chi connectivity index (χ4n) is 3.14. The third-order valence-electron chi connectivity index (χ3n) is 4.40. The van der Waals surface area contributed by atoms with E-state index in [0.29, 0.717) is 18.4 Å². The van der Waals surface area contributed by atoms with Crippen LogP contribution in [-0.2, 0) is 4.79 Å². The monoisotopic (exact) mass is 313 g/mol. The smallest absolute Gasteiger partial charge is 0.308 e. The van der Waals surface area contributed by atoms with Gasteiger partial charge in [0.15, 0.2) is 0 Å². The molecule has 23 heavy (non-hydrogen) atoms. The number of hydrogen-bond donors (Lipinski definition) is 2. The van der Waals surface area contributed by atoms with Gasteiger partial charge in [0, 0.05) is 6.04 Å². The summed E-state index contributed by atoms with van der Waals surface area (Å²) in [5, 5.41) is 16.3. The molecule has 0 radical (unpaired) electrons. The first kappa shape index (κ1) is 15.3. The SMILES string of the molecule is Cc1c(C(=O)N[C@@H]2CCC[C@@H]2C(=O)O)cnn1-c1ccccc1. The molecule has 0 saturated heterocycles. The molecular weight excluding hydrogens is 294 g/mol. The van der Waals surface area contributed by atoms with E-state index < -0.39 is 11.9 Å². The first-order chi connectivity index (χ1) is 11.1. The number of hydrogen-bond acceptors (Lipinski definition) is 3. The summed E-state index contributed by atoms with van der Waals surface area (Å²) in [7, 11) is 0. The van der Waals surface area contributed by atoms with Crippen LogP contribution in [0.25, 0.3) is 5.69 Å². The summed E-state index contributed by atoms with van der Waals surface area (Å²) in [5.41, 5.74) is 2.09. The fourth-order valence-corrected chi connectivity index (χ4v) is 3.14. The third kappa shape index (κ3) is 2.97. The lowest BCUT2D eigenvalue weighted by Crippen LogP contribution is -2.40. The Morgan fingerprint density at radius 1 is 1.26 bits per heavy atom. The van der Waals surface area contributed by atoms with Gasteiger partial charge in [-0.15, -0.1) is 0 Å². The van der Waals surface area contributed by atoms with Gasteiger partial charge in [-0.3, -0.25) is 9.59 Å². The van der Waals surface area contributed by atoms with Crippen LogP contribution in [0.15, 0.2) is 36.5 Å². The number of aromatic nitrogens is 2.